The molecule has 0 bridgehead atoms. The maximum atomic E-state index is 12.4. The summed E-state index contributed by atoms with van der Waals surface area (Å²) in [6.07, 6.45) is 1.02. The van der Waals surface area contributed by atoms with Gasteiger partial charge in [0, 0.05) is 12.1 Å². The first-order valence-corrected chi connectivity index (χ1v) is 7.70. The molecule has 1 aliphatic heterocycles. The van der Waals surface area contributed by atoms with Crippen molar-refractivity contribution in [2.75, 3.05) is 6.54 Å². The van der Waals surface area contributed by atoms with E-state index in [1.165, 1.54) is 11.1 Å². The molecule has 3 rings (SSSR count). The van der Waals surface area contributed by atoms with Crippen molar-refractivity contribution in [3.63, 3.8) is 0 Å². The summed E-state index contributed by atoms with van der Waals surface area (Å²) in [5.74, 6) is -0.0166. The molecule has 1 heterocycles. The molecule has 2 nitrogen and oxygen atoms in total. The third-order valence-electron chi connectivity index (χ3n) is 4.01. The number of alkyl halides is 1. The van der Waals surface area contributed by atoms with Gasteiger partial charge < -0.3 is 5.32 Å². The molecule has 1 aliphatic rings. The Kier molecular flexibility index (Phi) is 4.09. The molecule has 0 fully saturated rings. The van der Waals surface area contributed by atoms with Crippen LogP contribution in [0.25, 0.3) is 0 Å². The third-order valence-corrected chi connectivity index (χ3v) is 4.21. The Balaban J connectivity index is 2.08. The van der Waals surface area contributed by atoms with Crippen LogP contribution in [0, 0.1) is 0 Å². The number of carbonyl (C=O) groups excluding carboxylic acids is 1. The van der Waals surface area contributed by atoms with Gasteiger partial charge in [-0.3, -0.25) is 4.79 Å². The lowest BCUT2D eigenvalue weighted by Crippen LogP contribution is -2.32. The van der Waals surface area contributed by atoms with Gasteiger partial charge in [0.1, 0.15) is 0 Å². The number of rotatable bonds is 3. The zero-order valence-electron chi connectivity index (χ0n) is 12.0. The highest BCUT2D eigenvalue weighted by molar-refractivity contribution is 6.33. The normalized spacial score (nSPS) is 18.9. The number of fused-ring (bicyclic) bond motifs is 1. The lowest BCUT2D eigenvalue weighted by atomic mass is 9.86. The van der Waals surface area contributed by atoms with Gasteiger partial charge in [0.15, 0.2) is 5.78 Å². The number of benzene rings is 2. The summed E-state index contributed by atoms with van der Waals surface area (Å²) in [7, 11) is 0. The minimum atomic E-state index is -0.509. The van der Waals surface area contributed by atoms with Gasteiger partial charge in [0.2, 0.25) is 0 Å². The van der Waals surface area contributed by atoms with E-state index in [9.17, 15) is 4.79 Å². The maximum absolute atomic E-state index is 12.4. The van der Waals surface area contributed by atoms with E-state index in [-0.39, 0.29) is 11.8 Å². The second kappa shape index (κ2) is 6.00. The Hall–Kier alpha value is -1.64. The van der Waals surface area contributed by atoms with E-state index in [1.807, 2.05) is 30.3 Å². The van der Waals surface area contributed by atoms with E-state index in [4.69, 9.17) is 11.6 Å². The third kappa shape index (κ3) is 2.74. The van der Waals surface area contributed by atoms with Gasteiger partial charge in [0.05, 0.1) is 11.4 Å². The fourth-order valence-corrected chi connectivity index (χ4v) is 3.09. The Morgan fingerprint density at radius 1 is 1.14 bits per heavy atom. The molecular formula is C18H18ClNO. The van der Waals surface area contributed by atoms with Crippen LogP contribution in [0.1, 0.15) is 40.0 Å². The molecule has 3 heteroatoms. The van der Waals surface area contributed by atoms with Crippen LogP contribution in [0.3, 0.4) is 0 Å². The Bertz CT molecular complexity index is 666. The first-order valence-electron chi connectivity index (χ1n) is 7.27. The highest BCUT2D eigenvalue weighted by Gasteiger charge is 2.25. The van der Waals surface area contributed by atoms with Crippen LogP contribution in [0.5, 0.6) is 0 Å². The van der Waals surface area contributed by atoms with Crippen molar-refractivity contribution in [3.8, 4) is 0 Å². The quantitative estimate of drug-likeness (QED) is 0.691. The Morgan fingerprint density at radius 2 is 1.81 bits per heavy atom. The average Bonchev–Trinajstić information content (AvgIpc) is 2.53. The number of nitrogens with one attached hydrogen (secondary N) is 1. The van der Waals surface area contributed by atoms with Gasteiger partial charge in [-0.25, -0.2) is 0 Å². The SMILES string of the molecule is CC(Cl)C(=O)c1ccccc1C1NCCc2ccccc21. The predicted molar refractivity (Wildman–Crippen MR) is 86.1 cm³/mol. The monoisotopic (exact) mass is 299 g/mol. The molecule has 0 amide bonds. The highest BCUT2D eigenvalue weighted by Crippen LogP contribution is 2.31. The fraction of sp³-hybridized carbons (Fsp3) is 0.278. The maximum Gasteiger partial charge on any atom is 0.180 e. The Labute approximate surface area is 130 Å². The summed E-state index contributed by atoms with van der Waals surface area (Å²) >= 11 is 6.00. The molecule has 0 radical (unpaired) electrons. The molecule has 0 saturated carbocycles. The topological polar surface area (TPSA) is 29.1 Å². The van der Waals surface area contributed by atoms with Crippen molar-refractivity contribution < 1.29 is 4.79 Å². The minimum Gasteiger partial charge on any atom is -0.306 e. The average molecular weight is 300 g/mol. The molecule has 0 spiro atoms. The summed E-state index contributed by atoms with van der Waals surface area (Å²) in [5, 5.41) is 3.02. The lowest BCUT2D eigenvalue weighted by molar-refractivity contribution is 0.0990. The number of halogens is 1. The van der Waals surface area contributed by atoms with Crippen LogP contribution in [0.15, 0.2) is 48.5 Å². The molecule has 0 saturated heterocycles. The van der Waals surface area contributed by atoms with Crippen LogP contribution >= 0.6 is 11.6 Å². The van der Waals surface area contributed by atoms with Gasteiger partial charge in [-0.1, -0.05) is 48.5 Å². The minimum absolute atomic E-state index is 0.0166. The highest BCUT2D eigenvalue weighted by atomic mass is 35.5. The second-order valence-corrected chi connectivity index (χ2v) is 6.06. The number of hydrogen-bond donors (Lipinski definition) is 1. The van der Waals surface area contributed by atoms with Crippen LogP contribution < -0.4 is 5.32 Å². The van der Waals surface area contributed by atoms with Gasteiger partial charge in [-0.05, 0) is 30.0 Å². The van der Waals surface area contributed by atoms with E-state index in [2.05, 4.69) is 23.5 Å². The van der Waals surface area contributed by atoms with Crippen LogP contribution in [0.4, 0.5) is 0 Å². The number of Topliss-reactive ketones (excluding diaryl/α,β-unsaturated/α-hetero) is 1. The molecule has 0 aliphatic carbocycles. The molecule has 108 valence electrons. The molecule has 2 unspecified atom stereocenters. The number of carbonyl (C=O) groups is 1. The van der Waals surface area contributed by atoms with Gasteiger partial charge in [-0.2, -0.15) is 0 Å². The van der Waals surface area contributed by atoms with Crippen molar-refractivity contribution in [1.29, 1.82) is 0 Å². The van der Waals surface area contributed by atoms with Crippen molar-refractivity contribution in [2.24, 2.45) is 0 Å². The Morgan fingerprint density at radius 3 is 2.57 bits per heavy atom. The molecule has 2 atom stereocenters. The standard InChI is InChI=1S/C18H18ClNO/c1-12(19)18(21)16-9-5-4-8-15(16)17-14-7-3-2-6-13(14)10-11-20-17/h2-9,12,17,20H,10-11H2,1H3. The zero-order valence-corrected chi connectivity index (χ0v) is 12.7. The first-order chi connectivity index (χ1) is 10.2. The second-order valence-electron chi connectivity index (χ2n) is 5.40. The lowest BCUT2D eigenvalue weighted by Gasteiger charge is -2.28. The molecule has 2 aromatic rings. The summed E-state index contributed by atoms with van der Waals surface area (Å²) in [6.45, 7) is 2.64. The zero-order chi connectivity index (χ0) is 14.8. The van der Waals surface area contributed by atoms with Crippen molar-refractivity contribution in [2.45, 2.75) is 24.8 Å². The molecule has 0 aromatic heterocycles. The first kappa shape index (κ1) is 14.3. The van der Waals surface area contributed by atoms with E-state index >= 15 is 0 Å². The summed E-state index contributed by atoms with van der Waals surface area (Å²) in [6, 6.07) is 16.2. The van der Waals surface area contributed by atoms with Crippen molar-refractivity contribution in [3.05, 3.63) is 70.8 Å². The van der Waals surface area contributed by atoms with Gasteiger partial charge in [0.25, 0.3) is 0 Å². The number of ketones is 1. The van der Waals surface area contributed by atoms with Crippen LogP contribution in [-0.4, -0.2) is 17.7 Å². The van der Waals surface area contributed by atoms with Crippen molar-refractivity contribution >= 4 is 17.4 Å². The summed E-state index contributed by atoms with van der Waals surface area (Å²) < 4.78 is 0. The largest absolute Gasteiger partial charge is 0.306 e. The molecule has 2 aromatic carbocycles. The molecular weight excluding hydrogens is 282 g/mol. The smallest absolute Gasteiger partial charge is 0.180 e. The van der Waals surface area contributed by atoms with Crippen LogP contribution in [0.2, 0.25) is 0 Å². The van der Waals surface area contributed by atoms with E-state index < -0.39 is 5.38 Å². The van der Waals surface area contributed by atoms with Crippen LogP contribution in [-0.2, 0) is 6.42 Å². The predicted octanol–water partition coefficient (Wildman–Crippen LogP) is 3.73. The van der Waals surface area contributed by atoms with E-state index in [1.54, 1.807) is 6.92 Å². The molecule has 1 N–H and O–H groups in total. The van der Waals surface area contributed by atoms with E-state index in [0.29, 0.717) is 5.56 Å². The van der Waals surface area contributed by atoms with Crippen molar-refractivity contribution in [1.82, 2.24) is 5.32 Å². The van der Waals surface area contributed by atoms with E-state index in [0.717, 1.165) is 18.5 Å². The fourth-order valence-electron chi connectivity index (χ4n) is 2.97. The summed E-state index contributed by atoms with van der Waals surface area (Å²) in [4.78, 5) is 12.4. The number of hydrogen-bond acceptors (Lipinski definition) is 2. The van der Waals surface area contributed by atoms with Gasteiger partial charge in [-0.15, -0.1) is 11.6 Å². The summed E-state index contributed by atoms with van der Waals surface area (Å²) in [5.41, 5.74) is 4.34. The van der Waals surface area contributed by atoms with Gasteiger partial charge >= 0.3 is 0 Å². The molecule has 21 heavy (non-hydrogen) atoms.